The summed E-state index contributed by atoms with van der Waals surface area (Å²) in [5, 5.41) is 13.3. The van der Waals surface area contributed by atoms with Crippen LogP contribution in [0.3, 0.4) is 0 Å². The molecule has 5 nitrogen and oxygen atoms in total. The number of aliphatic imine (C=N–C) groups is 1. The molecule has 1 heterocycles. The number of likely N-dealkylation sites (tertiary alicyclic amines) is 1. The van der Waals surface area contributed by atoms with Crippen molar-refractivity contribution in [1.29, 1.82) is 0 Å². The molecule has 1 saturated heterocycles. The zero-order chi connectivity index (χ0) is 14.4. The summed E-state index contributed by atoms with van der Waals surface area (Å²) in [6.45, 7) is 6.59. The van der Waals surface area contributed by atoms with Crippen molar-refractivity contribution in [3.63, 3.8) is 0 Å². The Morgan fingerprint density at radius 2 is 2.19 bits per heavy atom. The lowest BCUT2D eigenvalue weighted by atomic mass is 10.1. The summed E-state index contributed by atoms with van der Waals surface area (Å²) in [7, 11) is 1.84. The minimum Gasteiger partial charge on any atom is -0.393 e. The zero-order valence-corrected chi connectivity index (χ0v) is 15.6. The van der Waals surface area contributed by atoms with Gasteiger partial charge in [-0.3, -0.25) is 4.99 Å². The van der Waals surface area contributed by atoms with Gasteiger partial charge in [-0.05, 0) is 26.2 Å². The van der Waals surface area contributed by atoms with Crippen LogP contribution in [0.4, 0.5) is 0 Å². The van der Waals surface area contributed by atoms with E-state index in [2.05, 4.69) is 15.2 Å². The van der Waals surface area contributed by atoms with Crippen LogP contribution in [0.5, 0.6) is 0 Å². The van der Waals surface area contributed by atoms with E-state index >= 15 is 0 Å². The molecule has 0 radical (unpaired) electrons. The lowest BCUT2D eigenvalue weighted by molar-refractivity contribution is 0.114. The second-order valence-corrected chi connectivity index (χ2v) is 5.95. The second kappa shape index (κ2) is 9.84. The maximum atomic E-state index is 9.87. The quantitative estimate of drug-likeness (QED) is 0.411. The number of aliphatic hydroxyl groups excluding tert-OH is 1. The van der Waals surface area contributed by atoms with Gasteiger partial charge in [0, 0.05) is 45.1 Å². The van der Waals surface area contributed by atoms with Gasteiger partial charge in [-0.15, -0.1) is 24.0 Å². The monoisotopic (exact) mass is 411 g/mol. The number of hydrogen-bond acceptors (Lipinski definition) is 3. The van der Waals surface area contributed by atoms with Gasteiger partial charge in [0.2, 0.25) is 0 Å². The SMILES string of the molecule is CCOCC1CCN(C(=NC)NCC2CCCC2O)C1.I. The largest absolute Gasteiger partial charge is 0.393 e. The summed E-state index contributed by atoms with van der Waals surface area (Å²) in [5.74, 6) is 1.97. The van der Waals surface area contributed by atoms with E-state index in [0.29, 0.717) is 11.8 Å². The molecule has 1 aliphatic heterocycles. The maximum Gasteiger partial charge on any atom is 0.193 e. The number of guanidine groups is 1. The standard InChI is InChI=1S/C15H29N3O2.HI/c1-3-20-11-12-7-8-18(10-12)15(16-2)17-9-13-5-4-6-14(13)19;/h12-14,19H,3-11H2,1-2H3,(H,16,17);1H. The molecule has 6 heteroatoms. The first-order valence-electron chi connectivity index (χ1n) is 7.96. The van der Waals surface area contributed by atoms with Crippen LogP contribution in [0.15, 0.2) is 4.99 Å². The number of ether oxygens (including phenoxy) is 1. The van der Waals surface area contributed by atoms with E-state index in [1.807, 2.05) is 14.0 Å². The van der Waals surface area contributed by atoms with Crippen molar-refractivity contribution in [1.82, 2.24) is 10.2 Å². The normalized spacial score (nSPS) is 29.6. The summed E-state index contributed by atoms with van der Waals surface area (Å²) in [6.07, 6.45) is 4.26. The molecule has 1 saturated carbocycles. The van der Waals surface area contributed by atoms with Gasteiger partial charge in [0.25, 0.3) is 0 Å². The van der Waals surface area contributed by atoms with Gasteiger partial charge in [-0.2, -0.15) is 0 Å². The number of halogens is 1. The summed E-state index contributed by atoms with van der Waals surface area (Å²) < 4.78 is 5.51. The van der Waals surface area contributed by atoms with Crippen LogP contribution in [-0.2, 0) is 4.74 Å². The van der Waals surface area contributed by atoms with Crippen molar-refractivity contribution in [3.8, 4) is 0 Å². The molecule has 0 spiro atoms. The Bertz CT molecular complexity index is 328. The summed E-state index contributed by atoms with van der Waals surface area (Å²) in [5.41, 5.74) is 0. The first-order valence-corrected chi connectivity index (χ1v) is 7.96. The Morgan fingerprint density at radius 3 is 2.81 bits per heavy atom. The molecule has 0 aromatic heterocycles. The predicted octanol–water partition coefficient (Wildman–Crippen LogP) is 1.70. The fourth-order valence-electron chi connectivity index (χ4n) is 3.26. The Morgan fingerprint density at radius 1 is 1.38 bits per heavy atom. The lowest BCUT2D eigenvalue weighted by Gasteiger charge is -2.24. The van der Waals surface area contributed by atoms with E-state index in [1.54, 1.807) is 0 Å². The summed E-state index contributed by atoms with van der Waals surface area (Å²) in [4.78, 5) is 6.69. The first kappa shape index (κ1) is 19.0. The Balaban J connectivity index is 0.00000220. The number of rotatable bonds is 5. The topological polar surface area (TPSA) is 57.1 Å². The molecular formula is C15H30IN3O2. The highest BCUT2D eigenvalue weighted by Crippen LogP contribution is 2.25. The molecule has 2 rings (SSSR count). The van der Waals surface area contributed by atoms with Gasteiger partial charge in [-0.1, -0.05) is 6.42 Å². The van der Waals surface area contributed by atoms with Crippen molar-refractivity contribution in [2.45, 2.75) is 38.7 Å². The van der Waals surface area contributed by atoms with Crippen LogP contribution in [0.1, 0.15) is 32.6 Å². The fourth-order valence-corrected chi connectivity index (χ4v) is 3.26. The molecule has 0 aromatic carbocycles. The van der Waals surface area contributed by atoms with Crippen molar-refractivity contribution in [3.05, 3.63) is 0 Å². The van der Waals surface area contributed by atoms with Crippen LogP contribution in [0.2, 0.25) is 0 Å². The maximum absolute atomic E-state index is 9.87. The average molecular weight is 411 g/mol. The smallest absolute Gasteiger partial charge is 0.193 e. The summed E-state index contributed by atoms with van der Waals surface area (Å²) in [6, 6.07) is 0. The molecule has 0 aromatic rings. The molecule has 0 bridgehead atoms. The van der Waals surface area contributed by atoms with E-state index in [4.69, 9.17) is 4.74 Å². The number of aliphatic hydroxyl groups is 1. The van der Waals surface area contributed by atoms with E-state index in [1.165, 1.54) is 6.42 Å². The Kier molecular flexibility index (Phi) is 8.89. The zero-order valence-electron chi connectivity index (χ0n) is 13.3. The van der Waals surface area contributed by atoms with Crippen molar-refractivity contribution < 1.29 is 9.84 Å². The molecular weight excluding hydrogens is 381 g/mol. The highest BCUT2D eigenvalue weighted by atomic mass is 127. The van der Waals surface area contributed by atoms with Gasteiger partial charge in [0.05, 0.1) is 12.7 Å². The highest BCUT2D eigenvalue weighted by molar-refractivity contribution is 14.0. The van der Waals surface area contributed by atoms with Gasteiger partial charge < -0.3 is 20.1 Å². The predicted molar refractivity (Wildman–Crippen MR) is 96.3 cm³/mol. The van der Waals surface area contributed by atoms with Gasteiger partial charge >= 0.3 is 0 Å². The molecule has 0 amide bonds. The molecule has 2 N–H and O–H groups in total. The molecule has 124 valence electrons. The molecule has 1 aliphatic carbocycles. The van der Waals surface area contributed by atoms with Crippen molar-refractivity contribution in [2.24, 2.45) is 16.8 Å². The van der Waals surface area contributed by atoms with E-state index < -0.39 is 0 Å². The van der Waals surface area contributed by atoms with Crippen LogP contribution in [0, 0.1) is 11.8 Å². The van der Waals surface area contributed by atoms with Crippen molar-refractivity contribution >= 4 is 29.9 Å². The Hall–Kier alpha value is -0.0800. The average Bonchev–Trinajstić information content (AvgIpc) is 3.07. The first-order chi connectivity index (χ1) is 9.74. The third-order valence-electron chi connectivity index (χ3n) is 4.50. The van der Waals surface area contributed by atoms with E-state index in [-0.39, 0.29) is 30.1 Å². The van der Waals surface area contributed by atoms with Crippen LogP contribution in [0.25, 0.3) is 0 Å². The molecule has 2 aliphatic rings. The summed E-state index contributed by atoms with van der Waals surface area (Å²) >= 11 is 0. The highest BCUT2D eigenvalue weighted by Gasteiger charge is 2.28. The Labute approximate surface area is 145 Å². The molecule has 21 heavy (non-hydrogen) atoms. The van der Waals surface area contributed by atoms with E-state index in [9.17, 15) is 5.11 Å². The fraction of sp³-hybridized carbons (Fsp3) is 0.933. The number of nitrogens with one attached hydrogen (secondary N) is 1. The van der Waals surface area contributed by atoms with Crippen LogP contribution in [-0.4, -0.2) is 62.0 Å². The lowest BCUT2D eigenvalue weighted by Crippen LogP contribution is -2.43. The van der Waals surface area contributed by atoms with Crippen molar-refractivity contribution in [2.75, 3.05) is 39.9 Å². The number of hydrogen-bond donors (Lipinski definition) is 2. The molecule has 2 fully saturated rings. The van der Waals surface area contributed by atoms with Crippen LogP contribution >= 0.6 is 24.0 Å². The van der Waals surface area contributed by atoms with Gasteiger partial charge in [-0.25, -0.2) is 0 Å². The molecule has 3 atom stereocenters. The minimum atomic E-state index is -0.134. The van der Waals surface area contributed by atoms with E-state index in [0.717, 1.165) is 58.1 Å². The van der Waals surface area contributed by atoms with Gasteiger partial charge in [0.1, 0.15) is 0 Å². The van der Waals surface area contributed by atoms with Gasteiger partial charge in [0.15, 0.2) is 5.96 Å². The van der Waals surface area contributed by atoms with Crippen LogP contribution < -0.4 is 5.32 Å². The molecule has 3 unspecified atom stereocenters. The number of nitrogens with zero attached hydrogens (tertiary/aromatic N) is 2. The minimum absolute atomic E-state index is 0. The second-order valence-electron chi connectivity index (χ2n) is 5.95. The third kappa shape index (κ3) is 5.56. The third-order valence-corrected chi connectivity index (χ3v) is 4.50.